The summed E-state index contributed by atoms with van der Waals surface area (Å²) >= 11 is 1.59. The molecule has 1 saturated carbocycles. The lowest BCUT2D eigenvalue weighted by Gasteiger charge is -2.15. The van der Waals surface area contributed by atoms with Crippen LogP contribution in [-0.2, 0) is 17.9 Å². The van der Waals surface area contributed by atoms with Gasteiger partial charge in [-0.05, 0) is 19.8 Å². The van der Waals surface area contributed by atoms with Gasteiger partial charge in [-0.3, -0.25) is 4.79 Å². The highest BCUT2D eigenvalue weighted by molar-refractivity contribution is 7.09. The monoisotopic (exact) mass is 276 g/mol. The van der Waals surface area contributed by atoms with Crippen LogP contribution in [0.15, 0.2) is 24.1 Å². The number of rotatable bonds is 5. The van der Waals surface area contributed by atoms with E-state index in [1.807, 2.05) is 23.1 Å². The molecule has 1 amide bonds. The summed E-state index contributed by atoms with van der Waals surface area (Å²) in [6, 6.07) is 0. The summed E-state index contributed by atoms with van der Waals surface area (Å²) in [5.41, 5.74) is 0.779. The Labute approximate surface area is 115 Å². The normalized spacial score (nSPS) is 16.3. The van der Waals surface area contributed by atoms with Crippen LogP contribution in [0.5, 0.6) is 0 Å². The summed E-state index contributed by atoms with van der Waals surface area (Å²) in [5.74, 6) is 0.133. The van der Waals surface area contributed by atoms with Gasteiger partial charge in [0.15, 0.2) is 0 Å². The summed E-state index contributed by atoms with van der Waals surface area (Å²) in [6.07, 6.45) is 7.31. The number of carbonyl (C=O) groups excluding carboxylic acids is 1. The summed E-state index contributed by atoms with van der Waals surface area (Å²) in [6.45, 7) is 3.21. The number of hydrogen-bond acceptors (Lipinski definition) is 4. The van der Waals surface area contributed by atoms with E-state index in [0.717, 1.165) is 30.1 Å². The number of aryl methyl sites for hydroxylation is 1. The Morgan fingerprint density at radius 2 is 2.42 bits per heavy atom. The first-order valence-corrected chi connectivity index (χ1v) is 7.21. The van der Waals surface area contributed by atoms with Crippen molar-refractivity contribution in [2.24, 2.45) is 5.41 Å². The molecule has 2 aromatic rings. The van der Waals surface area contributed by atoms with E-state index in [1.54, 1.807) is 23.9 Å². The fourth-order valence-electron chi connectivity index (χ4n) is 2.16. The quantitative estimate of drug-likeness (QED) is 0.905. The minimum atomic E-state index is -0.229. The van der Waals surface area contributed by atoms with E-state index in [9.17, 15) is 4.79 Å². The van der Waals surface area contributed by atoms with Crippen molar-refractivity contribution in [3.05, 3.63) is 34.8 Å². The van der Waals surface area contributed by atoms with Gasteiger partial charge < -0.3 is 9.88 Å². The molecule has 6 heteroatoms. The predicted octanol–water partition coefficient (Wildman–Crippen LogP) is 1.74. The van der Waals surface area contributed by atoms with Crippen molar-refractivity contribution in [1.29, 1.82) is 0 Å². The standard InChI is InChI=1S/C13H16N4OS/c1-10-7-19-11(16-10)6-15-12(18)13(2-3-13)8-17-5-4-14-9-17/h4-5,7,9H,2-3,6,8H2,1H3,(H,15,18). The summed E-state index contributed by atoms with van der Waals surface area (Å²) in [5, 5.41) is 5.96. The maximum absolute atomic E-state index is 12.3. The van der Waals surface area contributed by atoms with Gasteiger partial charge >= 0.3 is 0 Å². The van der Waals surface area contributed by atoms with Crippen LogP contribution in [0.2, 0.25) is 0 Å². The first-order valence-electron chi connectivity index (χ1n) is 6.33. The minimum Gasteiger partial charge on any atom is -0.349 e. The van der Waals surface area contributed by atoms with E-state index in [-0.39, 0.29) is 11.3 Å². The highest BCUT2D eigenvalue weighted by Crippen LogP contribution is 2.47. The zero-order chi connectivity index (χ0) is 13.3. The van der Waals surface area contributed by atoms with Gasteiger partial charge in [0.2, 0.25) is 5.91 Å². The lowest BCUT2D eigenvalue weighted by atomic mass is 10.1. The van der Waals surface area contributed by atoms with Crippen LogP contribution >= 0.6 is 11.3 Å². The van der Waals surface area contributed by atoms with Gasteiger partial charge in [0.25, 0.3) is 0 Å². The Kier molecular flexibility index (Phi) is 3.10. The van der Waals surface area contributed by atoms with Crippen molar-refractivity contribution < 1.29 is 4.79 Å². The third-order valence-corrected chi connectivity index (χ3v) is 4.41. The Bertz CT molecular complexity index is 571. The van der Waals surface area contributed by atoms with Crippen molar-refractivity contribution in [3.8, 4) is 0 Å². The number of hydrogen-bond donors (Lipinski definition) is 1. The van der Waals surface area contributed by atoms with E-state index in [0.29, 0.717) is 6.54 Å². The average Bonchev–Trinajstić information content (AvgIpc) is 2.81. The van der Waals surface area contributed by atoms with Gasteiger partial charge in [-0.1, -0.05) is 0 Å². The number of nitrogens with one attached hydrogen (secondary N) is 1. The lowest BCUT2D eigenvalue weighted by molar-refractivity contribution is -0.127. The first-order chi connectivity index (χ1) is 9.18. The molecule has 0 bridgehead atoms. The molecule has 0 saturated heterocycles. The van der Waals surface area contributed by atoms with Gasteiger partial charge in [-0.2, -0.15) is 0 Å². The Morgan fingerprint density at radius 3 is 3.00 bits per heavy atom. The number of imidazole rings is 1. The van der Waals surface area contributed by atoms with Crippen LogP contribution < -0.4 is 5.32 Å². The molecule has 1 fully saturated rings. The van der Waals surface area contributed by atoms with Crippen LogP contribution in [0.3, 0.4) is 0 Å². The van der Waals surface area contributed by atoms with E-state index >= 15 is 0 Å². The second-order valence-corrected chi connectivity index (χ2v) is 6.02. The molecule has 100 valence electrons. The van der Waals surface area contributed by atoms with Crippen molar-refractivity contribution in [1.82, 2.24) is 19.9 Å². The number of nitrogens with zero attached hydrogens (tertiary/aromatic N) is 3. The smallest absolute Gasteiger partial charge is 0.228 e. The second kappa shape index (κ2) is 4.77. The first kappa shape index (κ1) is 12.3. The van der Waals surface area contributed by atoms with Gasteiger partial charge in [-0.15, -0.1) is 11.3 Å². The van der Waals surface area contributed by atoms with Crippen molar-refractivity contribution in [2.75, 3.05) is 0 Å². The Hall–Kier alpha value is -1.69. The van der Waals surface area contributed by atoms with Crippen LogP contribution in [-0.4, -0.2) is 20.4 Å². The predicted molar refractivity (Wildman–Crippen MR) is 72.6 cm³/mol. The second-order valence-electron chi connectivity index (χ2n) is 5.08. The molecule has 0 spiro atoms. The van der Waals surface area contributed by atoms with Gasteiger partial charge in [0, 0.05) is 30.0 Å². The van der Waals surface area contributed by atoms with Crippen LogP contribution in [0.1, 0.15) is 23.5 Å². The molecule has 0 unspecified atom stereocenters. The van der Waals surface area contributed by atoms with Crippen LogP contribution in [0, 0.1) is 12.3 Å². The highest BCUT2D eigenvalue weighted by atomic mass is 32.1. The average molecular weight is 276 g/mol. The SMILES string of the molecule is Cc1csc(CNC(=O)C2(Cn3ccnc3)CC2)n1. The molecular formula is C13H16N4OS. The maximum Gasteiger partial charge on any atom is 0.228 e. The zero-order valence-electron chi connectivity index (χ0n) is 10.8. The fourth-order valence-corrected chi connectivity index (χ4v) is 2.88. The molecule has 19 heavy (non-hydrogen) atoms. The van der Waals surface area contributed by atoms with Crippen molar-refractivity contribution >= 4 is 17.2 Å². The molecule has 1 N–H and O–H groups in total. The third kappa shape index (κ3) is 2.68. The third-order valence-electron chi connectivity index (χ3n) is 3.45. The molecular weight excluding hydrogens is 260 g/mol. The molecule has 1 aliphatic rings. The molecule has 0 radical (unpaired) electrons. The Balaban J connectivity index is 1.58. The minimum absolute atomic E-state index is 0.133. The number of amides is 1. The Morgan fingerprint density at radius 1 is 1.58 bits per heavy atom. The van der Waals surface area contributed by atoms with Gasteiger partial charge in [0.1, 0.15) is 5.01 Å². The van der Waals surface area contributed by atoms with E-state index in [4.69, 9.17) is 0 Å². The van der Waals surface area contributed by atoms with Crippen LogP contribution in [0.4, 0.5) is 0 Å². The summed E-state index contributed by atoms with van der Waals surface area (Å²) in [4.78, 5) is 20.6. The highest BCUT2D eigenvalue weighted by Gasteiger charge is 2.49. The number of carbonyl (C=O) groups is 1. The maximum atomic E-state index is 12.3. The number of aromatic nitrogens is 3. The van der Waals surface area contributed by atoms with Gasteiger partial charge in [0.05, 0.1) is 18.3 Å². The van der Waals surface area contributed by atoms with E-state index in [2.05, 4.69) is 15.3 Å². The zero-order valence-corrected chi connectivity index (χ0v) is 11.6. The molecule has 3 rings (SSSR count). The molecule has 2 heterocycles. The summed E-state index contributed by atoms with van der Waals surface area (Å²) in [7, 11) is 0. The molecule has 0 aliphatic heterocycles. The fraction of sp³-hybridized carbons (Fsp3) is 0.462. The lowest BCUT2D eigenvalue weighted by Crippen LogP contribution is -2.34. The van der Waals surface area contributed by atoms with Crippen molar-refractivity contribution in [3.63, 3.8) is 0 Å². The van der Waals surface area contributed by atoms with Crippen molar-refractivity contribution in [2.45, 2.75) is 32.9 Å². The van der Waals surface area contributed by atoms with Crippen LogP contribution in [0.25, 0.3) is 0 Å². The molecule has 0 aromatic carbocycles. The molecule has 0 atom stereocenters. The van der Waals surface area contributed by atoms with Gasteiger partial charge in [-0.25, -0.2) is 9.97 Å². The molecule has 5 nitrogen and oxygen atoms in total. The van der Waals surface area contributed by atoms with E-state index in [1.165, 1.54) is 0 Å². The molecule has 2 aromatic heterocycles. The largest absolute Gasteiger partial charge is 0.349 e. The topological polar surface area (TPSA) is 59.8 Å². The molecule has 1 aliphatic carbocycles. The summed E-state index contributed by atoms with van der Waals surface area (Å²) < 4.78 is 1.97. The van der Waals surface area contributed by atoms with E-state index < -0.39 is 0 Å². The number of thiazole rings is 1.